The molecule has 0 unspecified atom stereocenters. The van der Waals surface area contributed by atoms with Crippen LogP contribution in [0, 0.1) is 11.8 Å². The van der Waals surface area contributed by atoms with E-state index >= 15 is 0 Å². The van der Waals surface area contributed by atoms with Crippen molar-refractivity contribution in [2.75, 3.05) is 37.1 Å². The fourth-order valence-corrected chi connectivity index (χ4v) is 8.03. The predicted octanol–water partition coefficient (Wildman–Crippen LogP) is -4.41. The lowest BCUT2D eigenvalue weighted by atomic mass is 10.00. The number of carboxylic acids is 3. The number of carbonyl (C=O) groups excluding carboxylic acids is 9. The molecule has 0 aromatic carbocycles. The molecular weight excluding hydrogens is 1070 g/mol. The standard InChI is InChI=1S/C46H77N15O15S2/c1-22(2)15-30(59-43(74)31(16-25-19-50-21-53-25)58-38(69)26(47)17-33(62)63)42(73)60-32(18-34(64)65)44(75)61-36(23(3)4)45(76)57-29(11-14-78-7)41(72)56-28(10-13-77-6)40(71)54-24(5)37(68)55-27(9-8-12-51-46(48)49)39(70)52-20-35(66)67/h19,21-24,26-32,36H,8-18,20,47H2,1-7H3,(H,50,53)(H,52,70)(H,54,71)(H,55,68)(H,56,72)(H,57,76)(H,58,69)(H,59,74)(H,60,73)(H,61,75)(H,62,63)(H,64,65)(H,66,67)(H4,48,49,51)/t24-,26-,27-,28-,29-,30-,31-,32-,36-/m0/s1. The molecule has 0 radical (unpaired) electrons. The molecule has 0 bridgehead atoms. The van der Waals surface area contributed by atoms with Crippen LogP contribution >= 0.6 is 23.5 Å². The summed E-state index contributed by atoms with van der Waals surface area (Å²) in [5.74, 6) is -13.0. The summed E-state index contributed by atoms with van der Waals surface area (Å²) in [7, 11) is 0. The fraction of sp³-hybridized carbons (Fsp3) is 0.652. The Hall–Kier alpha value is -7.22. The highest BCUT2D eigenvalue weighted by molar-refractivity contribution is 7.98. The number of aliphatic carboxylic acids is 3. The summed E-state index contributed by atoms with van der Waals surface area (Å²) >= 11 is 2.67. The maximum atomic E-state index is 14.1. The minimum Gasteiger partial charge on any atom is -0.481 e. The van der Waals surface area contributed by atoms with Gasteiger partial charge in [-0.15, -0.1) is 0 Å². The number of amides is 9. The molecule has 0 saturated heterocycles. The van der Waals surface area contributed by atoms with Crippen LogP contribution in [0.5, 0.6) is 0 Å². The molecule has 438 valence electrons. The van der Waals surface area contributed by atoms with E-state index in [-0.39, 0.29) is 56.9 Å². The number of rotatable bonds is 38. The predicted molar refractivity (Wildman–Crippen MR) is 287 cm³/mol. The first-order chi connectivity index (χ1) is 36.6. The van der Waals surface area contributed by atoms with Crippen LogP contribution in [0.15, 0.2) is 17.5 Å². The Morgan fingerprint density at radius 1 is 0.590 bits per heavy atom. The average Bonchev–Trinajstić information content (AvgIpc) is 3.87. The zero-order valence-electron chi connectivity index (χ0n) is 44.7. The number of aliphatic imine (C=N–C) groups is 1. The number of carboxylic acid groups (broad SMARTS) is 3. The summed E-state index contributed by atoms with van der Waals surface area (Å²) in [6.45, 7) is 7.18. The largest absolute Gasteiger partial charge is 0.481 e. The lowest BCUT2D eigenvalue weighted by molar-refractivity contribution is -0.142. The third kappa shape index (κ3) is 27.2. The van der Waals surface area contributed by atoms with E-state index in [1.54, 1.807) is 40.2 Å². The maximum Gasteiger partial charge on any atom is 0.322 e. The van der Waals surface area contributed by atoms with Crippen molar-refractivity contribution < 1.29 is 72.9 Å². The van der Waals surface area contributed by atoms with Crippen LogP contribution in [0.4, 0.5) is 0 Å². The van der Waals surface area contributed by atoms with Crippen LogP contribution in [0.1, 0.15) is 85.3 Å². The second kappa shape index (κ2) is 36.0. The van der Waals surface area contributed by atoms with E-state index in [1.165, 1.54) is 43.0 Å². The van der Waals surface area contributed by atoms with Gasteiger partial charge in [-0.25, -0.2) is 4.98 Å². The molecule has 9 atom stereocenters. The van der Waals surface area contributed by atoms with Crippen molar-refractivity contribution in [3.63, 3.8) is 0 Å². The normalized spacial score (nSPS) is 14.5. The number of H-pyrrole nitrogens is 1. The molecule has 1 aromatic rings. The van der Waals surface area contributed by atoms with Gasteiger partial charge in [-0.05, 0) is 74.9 Å². The molecule has 1 heterocycles. The molecule has 0 aliphatic carbocycles. The van der Waals surface area contributed by atoms with Gasteiger partial charge in [-0.2, -0.15) is 23.5 Å². The molecule has 0 aliphatic heterocycles. The molecule has 78 heavy (non-hydrogen) atoms. The van der Waals surface area contributed by atoms with Gasteiger partial charge in [0.15, 0.2) is 5.96 Å². The summed E-state index contributed by atoms with van der Waals surface area (Å²) in [5, 5.41) is 50.1. The van der Waals surface area contributed by atoms with Crippen LogP contribution in [0.2, 0.25) is 0 Å². The van der Waals surface area contributed by atoms with Gasteiger partial charge in [-0.3, -0.25) is 62.5 Å². The lowest BCUT2D eigenvalue weighted by Crippen LogP contribution is -2.61. The van der Waals surface area contributed by atoms with E-state index in [0.29, 0.717) is 17.2 Å². The fourth-order valence-electron chi connectivity index (χ4n) is 7.08. The number of thioether (sulfide) groups is 2. The van der Waals surface area contributed by atoms with Crippen LogP contribution in [-0.4, -0.2) is 194 Å². The Labute approximate surface area is 459 Å². The van der Waals surface area contributed by atoms with Crippen molar-refractivity contribution in [1.82, 2.24) is 57.8 Å². The molecular formula is C46H77N15O15S2. The van der Waals surface area contributed by atoms with Crippen molar-refractivity contribution >= 4 is 101 Å². The van der Waals surface area contributed by atoms with Crippen molar-refractivity contribution in [3.05, 3.63) is 18.2 Å². The van der Waals surface area contributed by atoms with Crippen molar-refractivity contribution in [2.24, 2.45) is 34.0 Å². The SMILES string of the molecule is CSCC[C@H](NC(=O)[C@H](CCSC)NC(=O)[C@@H](NC(=O)[C@H](CC(=O)O)NC(=O)[C@H](CC(C)C)NC(=O)[C@H](Cc1cnc[nH]1)NC(=O)[C@@H](N)CC(=O)O)C(C)C)C(=O)N[C@@H](C)C(=O)N[C@@H](CCCN=C(N)N)C(=O)NCC(=O)O. The number of hydrogen-bond donors (Lipinski definition) is 16. The van der Waals surface area contributed by atoms with Crippen LogP contribution < -0.4 is 65.1 Å². The highest BCUT2D eigenvalue weighted by Gasteiger charge is 2.36. The first kappa shape index (κ1) is 68.8. The quantitative estimate of drug-likeness (QED) is 0.0169. The summed E-state index contributed by atoms with van der Waals surface area (Å²) in [6.07, 6.45) is 4.40. The maximum absolute atomic E-state index is 14.1. The Balaban J connectivity index is 3.35. The number of nitrogens with zero attached hydrogens (tertiary/aromatic N) is 2. The molecule has 9 amide bonds. The van der Waals surface area contributed by atoms with Gasteiger partial charge in [0, 0.05) is 24.9 Å². The van der Waals surface area contributed by atoms with E-state index in [0.717, 1.165) is 0 Å². The molecule has 19 N–H and O–H groups in total. The third-order valence-electron chi connectivity index (χ3n) is 11.2. The highest BCUT2D eigenvalue weighted by atomic mass is 32.2. The van der Waals surface area contributed by atoms with Crippen molar-refractivity contribution in [3.8, 4) is 0 Å². The number of imidazole rings is 1. The van der Waals surface area contributed by atoms with Gasteiger partial charge in [0.05, 0.1) is 25.2 Å². The Bertz CT molecular complexity index is 2230. The topological polar surface area (TPSA) is 493 Å². The zero-order valence-corrected chi connectivity index (χ0v) is 46.3. The van der Waals surface area contributed by atoms with E-state index < -0.39 is 151 Å². The number of guanidine groups is 1. The monoisotopic (exact) mass is 1140 g/mol. The van der Waals surface area contributed by atoms with Gasteiger partial charge >= 0.3 is 17.9 Å². The minimum atomic E-state index is -1.84. The van der Waals surface area contributed by atoms with E-state index in [9.17, 15) is 62.6 Å². The molecule has 0 saturated carbocycles. The van der Waals surface area contributed by atoms with Gasteiger partial charge in [0.1, 0.15) is 54.9 Å². The summed E-state index contributed by atoms with van der Waals surface area (Å²) in [5.41, 5.74) is 16.8. The van der Waals surface area contributed by atoms with Gasteiger partial charge in [0.2, 0.25) is 53.2 Å². The smallest absolute Gasteiger partial charge is 0.322 e. The molecule has 1 aromatic heterocycles. The van der Waals surface area contributed by atoms with Crippen molar-refractivity contribution in [2.45, 2.75) is 140 Å². The molecule has 0 fully saturated rings. The van der Waals surface area contributed by atoms with Gasteiger partial charge in [0.25, 0.3) is 0 Å². The third-order valence-corrected chi connectivity index (χ3v) is 12.5. The Morgan fingerprint density at radius 3 is 1.59 bits per heavy atom. The first-order valence-electron chi connectivity index (χ1n) is 24.7. The van der Waals surface area contributed by atoms with Crippen LogP contribution in [0.25, 0.3) is 0 Å². The second-order valence-electron chi connectivity index (χ2n) is 18.7. The minimum absolute atomic E-state index is 0.0117. The first-order valence-corrected chi connectivity index (χ1v) is 27.5. The average molecular weight is 1140 g/mol. The highest BCUT2D eigenvalue weighted by Crippen LogP contribution is 2.12. The number of aromatic nitrogens is 2. The summed E-state index contributed by atoms with van der Waals surface area (Å²) in [4.78, 5) is 167. The number of carbonyl (C=O) groups is 12. The van der Waals surface area contributed by atoms with E-state index in [1.807, 2.05) is 0 Å². The van der Waals surface area contributed by atoms with Crippen molar-refractivity contribution in [1.29, 1.82) is 0 Å². The Kier molecular flexibility index (Phi) is 31.7. The molecule has 0 spiro atoms. The molecule has 32 heteroatoms. The Morgan fingerprint density at radius 2 is 1.08 bits per heavy atom. The van der Waals surface area contributed by atoms with E-state index in [4.69, 9.17) is 27.4 Å². The zero-order chi connectivity index (χ0) is 59.2. The molecule has 30 nitrogen and oxygen atoms in total. The summed E-state index contributed by atoms with van der Waals surface area (Å²) in [6, 6.07) is -12.8. The number of aromatic amines is 1. The lowest BCUT2D eigenvalue weighted by Gasteiger charge is -2.29. The molecule has 0 aliphatic rings. The summed E-state index contributed by atoms with van der Waals surface area (Å²) < 4.78 is 0. The second-order valence-corrected chi connectivity index (χ2v) is 20.6. The number of hydrogen-bond acceptors (Lipinski definition) is 17. The van der Waals surface area contributed by atoms with E-state index in [2.05, 4.69) is 62.8 Å². The van der Waals surface area contributed by atoms with Crippen LogP contribution in [0.3, 0.4) is 0 Å². The van der Waals surface area contributed by atoms with Gasteiger partial charge in [-0.1, -0.05) is 27.7 Å². The molecule has 1 rings (SSSR count). The van der Waals surface area contributed by atoms with Crippen LogP contribution in [-0.2, 0) is 64.0 Å². The number of nitrogens with one attached hydrogen (secondary N) is 10. The van der Waals surface area contributed by atoms with Gasteiger partial charge < -0.3 is 85.4 Å². The number of nitrogens with two attached hydrogens (primary N) is 3.